The van der Waals surface area contributed by atoms with Gasteiger partial charge >= 0.3 is 0 Å². The summed E-state index contributed by atoms with van der Waals surface area (Å²) in [5.74, 6) is 0.0455. The second-order valence-corrected chi connectivity index (χ2v) is 6.31. The zero-order chi connectivity index (χ0) is 13.8. The van der Waals surface area contributed by atoms with Crippen LogP contribution in [-0.2, 0) is 14.6 Å². The zero-order valence-electron chi connectivity index (χ0n) is 10.8. The van der Waals surface area contributed by atoms with Crippen molar-refractivity contribution in [1.82, 2.24) is 0 Å². The lowest BCUT2D eigenvalue weighted by Gasteiger charge is -2.06. The molecule has 18 heavy (non-hydrogen) atoms. The van der Waals surface area contributed by atoms with E-state index in [1.165, 1.54) is 19.2 Å². The van der Waals surface area contributed by atoms with Crippen LogP contribution in [0.25, 0.3) is 0 Å². The lowest BCUT2D eigenvalue weighted by Crippen LogP contribution is -2.57. The molecule has 0 spiro atoms. The van der Waals surface area contributed by atoms with E-state index in [2.05, 4.69) is 0 Å². The third kappa shape index (κ3) is 3.36. The van der Waals surface area contributed by atoms with Crippen LogP contribution in [0.5, 0.6) is 0 Å². The number of aryl methyl sites for hydroxylation is 2. The van der Waals surface area contributed by atoms with E-state index < -0.39 is 9.84 Å². The second kappa shape index (κ2) is 6.06. The molecule has 0 fully saturated rings. The van der Waals surface area contributed by atoms with Crippen LogP contribution in [0.2, 0.25) is 0 Å². The van der Waals surface area contributed by atoms with E-state index in [9.17, 15) is 13.3 Å². The van der Waals surface area contributed by atoms with Crippen LogP contribution in [-0.4, -0.2) is 27.9 Å². The highest BCUT2D eigenvalue weighted by atomic mass is 32.2. The number of nitrogens with one attached hydrogen (secondary N) is 1. The number of methoxy groups -OCH3 is 1. The molecule has 0 radical (unpaired) electrons. The predicted octanol–water partition coefficient (Wildman–Crippen LogP) is 0.592. The Morgan fingerprint density at radius 3 is 2.22 bits per heavy atom. The van der Waals surface area contributed by atoms with Crippen molar-refractivity contribution in [2.75, 3.05) is 19.5 Å². The average molecular weight is 272 g/mol. The summed E-state index contributed by atoms with van der Waals surface area (Å²) in [6.45, 7) is 3.83. The quantitative estimate of drug-likeness (QED) is 0.769. The van der Waals surface area contributed by atoms with E-state index in [0.717, 1.165) is 0 Å². The second-order valence-electron chi connectivity index (χ2n) is 4.20. The lowest BCUT2D eigenvalue weighted by atomic mass is 10.1. The fraction of sp³-hybridized carbons (Fsp3) is 0.500. The molecule has 6 heteroatoms. The molecule has 0 bridgehead atoms. The van der Waals surface area contributed by atoms with Gasteiger partial charge < -0.3 is 4.74 Å². The van der Waals surface area contributed by atoms with Gasteiger partial charge in [-0.25, -0.2) is 8.42 Å². The van der Waals surface area contributed by atoms with Crippen LogP contribution in [0.1, 0.15) is 17.5 Å². The van der Waals surface area contributed by atoms with Crippen molar-refractivity contribution in [3.05, 3.63) is 28.2 Å². The van der Waals surface area contributed by atoms with E-state index in [1.807, 2.05) is 5.18 Å². The third-order valence-electron chi connectivity index (χ3n) is 2.73. The van der Waals surface area contributed by atoms with Gasteiger partial charge in [0.25, 0.3) is 5.69 Å². The molecule has 0 aromatic heterocycles. The third-order valence-corrected chi connectivity index (χ3v) is 4.51. The fourth-order valence-electron chi connectivity index (χ4n) is 1.78. The van der Waals surface area contributed by atoms with Gasteiger partial charge in [0.1, 0.15) is 0 Å². The molecular formula is C12H18NO4S+. The molecule has 0 atom stereocenters. The number of ether oxygens (including phenoxy) is 1. The van der Waals surface area contributed by atoms with E-state index in [4.69, 9.17) is 4.74 Å². The van der Waals surface area contributed by atoms with E-state index in [0.29, 0.717) is 29.8 Å². The lowest BCUT2D eigenvalue weighted by molar-refractivity contribution is -0.380. The molecule has 0 aliphatic heterocycles. The number of nitroso groups, excluding NO2 is 1. The van der Waals surface area contributed by atoms with Gasteiger partial charge in [-0.05, 0) is 32.4 Å². The molecule has 1 N–H and O–H groups in total. The maximum Gasteiger partial charge on any atom is 0.259 e. The van der Waals surface area contributed by atoms with E-state index in [1.54, 1.807) is 13.8 Å². The maximum absolute atomic E-state index is 12.1. The number of hydrogen-bond acceptors (Lipinski definition) is 4. The van der Waals surface area contributed by atoms with Crippen LogP contribution < -0.4 is 5.18 Å². The Balaban J connectivity index is 3.07. The van der Waals surface area contributed by atoms with Gasteiger partial charge in [-0.1, -0.05) is 0 Å². The molecule has 0 heterocycles. The van der Waals surface area contributed by atoms with Gasteiger partial charge in [0, 0.05) is 34.9 Å². The molecule has 5 nitrogen and oxygen atoms in total. The van der Waals surface area contributed by atoms with E-state index in [-0.39, 0.29) is 10.6 Å². The molecule has 100 valence electrons. The molecule has 0 aliphatic rings. The summed E-state index contributed by atoms with van der Waals surface area (Å²) in [5, 5.41) is 1.83. The van der Waals surface area contributed by atoms with Crippen LogP contribution >= 0.6 is 0 Å². The Bertz CT molecular complexity index is 514. The van der Waals surface area contributed by atoms with Crippen molar-refractivity contribution in [2.45, 2.75) is 25.2 Å². The van der Waals surface area contributed by atoms with Gasteiger partial charge in [-0.15, -0.1) is 0 Å². The smallest absolute Gasteiger partial charge is 0.259 e. The summed E-state index contributed by atoms with van der Waals surface area (Å²) < 4.78 is 29.0. The molecule has 1 aromatic rings. The first-order valence-electron chi connectivity index (χ1n) is 5.63. The van der Waals surface area contributed by atoms with Crippen LogP contribution in [0.15, 0.2) is 17.0 Å². The normalized spacial score (nSPS) is 11.5. The van der Waals surface area contributed by atoms with Gasteiger partial charge in [0.15, 0.2) is 9.84 Å². The molecule has 1 aromatic carbocycles. The minimum atomic E-state index is -3.31. The summed E-state index contributed by atoms with van der Waals surface area (Å²) in [6, 6.07) is 3.05. The van der Waals surface area contributed by atoms with Crippen molar-refractivity contribution >= 4 is 15.5 Å². The topological polar surface area (TPSA) is 74.4 Å². The summed E-state index contributed by atoms with van der Waals surface area (Å²) in [6.07, 6.45) is 0.457. The Morgan fingerprint density at radius 2 is 1.78 bits per heavy atom. The van der Waals surface area contributed by atoms with Crippen LogP contribution in [0.4, 0.5) is 5.69 Å². The molecule has 0 amide bonds. The minimum absolute atomic E-state index is 0.0455. The van der Waals surface area contributed by atoms with Crippen molar-refractivity contribution in [1.29, 1.82) is 0 Å². The fourth-order valence-corrected chi connectivity index (χ4v) is 3.22. The monoisotopic (exact) mass is 272 g/mol. The van der Waals surface area contributed by atoms with Crippen LogP contribution in [0, 0.1) is 18.8 Å². The molecule has 0 saturated carbocycles. The first-order valence-corrected chi connectivity index (χ1v) is 7.28. The van der Waals surface area contributed by atoms with Gasteiger partial charge in [0.2, 0.25) is 0 Å². The van der Waals surface area contributed by atoms with Gasteiger partial charge in [-0.3, -0.25) is 0 Å². The largest absolute Gasteiger partial charge is 0.385 e. The highest BCUT2D eigenvalue weighted by molar-refractivity contribution is 7.91. The number of rotatable bonds is 6. The summed E-state index contributed by atoms with van der Waals surface area (Å²) in [5.41, 5.74) is 1.71. The van der Waals surface area contributed by atoms with Crippen molar-refractivity contribution in [3.63, 3.8) is 0 Å². The molecule has 0 unspecified atom stereocenters. The Kier molecular flexibility index (Phi) is 4.98. The van der Waals surface area contributed by atoms with E-state index >= 15 is 0 Å². The number of sulfone groups is 1. The van der Waals surface area contributed by atoms with Gasteiger partial charge in [-0.2, -0.15) is 0 Å². The van der Waals surface area contributed by atoms with Crippen molar-refractivity contribution in [3.8, 4) is 0 Å². The molecule has 1 rings (SSSR count). The van der Waals surface area contributed by atoms with Crippen LogP contribution in [0.3, 0.4) is 0 Å². The Labute approximate surface area is 107 Å². The first kappa shape index (κ1) is 14.8. The maximum atomic E-state index is 12.1. The zero-order valence-corrected chi connectivity index (χ0v) is 11.6. The summed E-state index contributed by atoms with van der Waals surface area (Å²) in [4.78, 5) is 11.0. The molecular weight excluding hydrogens is 254 g/mol. The SMILES string of the molecule is COCCCS(=O)(=O)c1cc(C)c([NH+]=O)c(C)c1. The van der Waals surface area contributed by atoms with Crippen molar-refractivity contribution < 1.29 is 18.3 Å². The predicted molar refractivity (Wildman–Crippen MR) is 68.5 cm³/mol. The standard InChI is InChI=1S/C12H17NO4S/c1-9-7-11(8-10(2)12(9)13-14)18(15,16)6-4-5-17-3/h7-8H,4-6H2,1-3H3/p+1. The van der Waals surface area contributed by atoms with Gasteiger partial charge in [0.05, 0.1) is 10.6 Å². The number of hydrogen-bond donors (Lipinski definition) is 1. The average Bonchev–Trinajstić information content (AvgIpc) is 2.28. The summed E-state index contributed by atoms with van der Waals surface area (Å²) in [7, 11) is -1.77. The minimum Gasteiger partial charge on any atom is -0.385 e. The molecule has 0 aliphatic carbocycles. The number of benzene rings is 1. The highest BCUT2D eigenvalue weighted by Gasteiger charge is 2.19. The summed E-state index contributed by atoms with van der Waals surface area (Å²) >= 11 is 0. The Hall–Kier alpha value is -1.27. The first-order chi connectivity index (χ1) is 8.42. The molecule has 0 saturated heterocycles. The van der Waals surface area contributed by atoms with Crippen molar-refractivity contribution in [2.24, 2.45) is 0 Å². The Morgan fingerprint density at radius 1 is 1.22 bits per heavy atom. The highest BCUT2D eigenvalue weighted by Crippen LogP contribution is 2.21.